The molecule has 0 fully saturated rings. The Hall–Kier alpha value is -0.870. The molecule has 0 aliphatic heterocycles. The van der Waals surface area contributed by atoms with Gasteiger partial charge in [0, 0.05) is 11.6 Å². The SMILES string of the molecule is Fc1ccc(Cl)c(-c2cc(Br)on2)c1. The minimum Gasteiger partial charge on any atom is -0.349 e. The van der Waals surface area contributed by atoms with E-state index in [0.29, 0.717) is 20.9 Å². The molecule has 2 nitrogen and oxygen atoms in total. The Morgan fingerprint density at radius 2 is 2.14 bits per heavy atom. The monoisotopic (exact) mass is 275 g/mol. The second-order valence-electron chi connectivity index (χ2n) is 2.64. The van der Waals surface area contributed by atoms with E-state index >= 15 is 0 Å². The molecule has 2 rings (SSSR count). The number of rotatable bonds is 1. The summed E-state index contributed by atoms with van der Waals surface area (Å²) >= 11 is 8.98. The molecule has 0 bridgehead atoms. The summed E-state index contributed by atoms with van der Waals surface area (Å²) in [5.74, 6) is -0.358. The summed E-state index contributed by atoms with van der Waals surface area (Å²) in [5, 5.41) is 4.15. The van der Waals surface area contributed by atoms with Crippen molar-refractivity contribution < 1.29 is 8.91 Å². The lowest BCUT2D eigenvalue weighted by atomic mass is 10.1. The first-order chi connectivity index (χ1) is 6.66. The molecule has 0 aliphatic carbocycles. The van der Waals surface area contributed by atoms with Crippen molar-refractivity contribution in [2.24, 2.45) is 0 Å². The van der Waals surface area contributed by atoms with Crippen LogP contribution in [0.1, 0.15) is 0 Å². The zero-order chi connectivity index (χ0) is 10.1. The fourth-order valence-corrected chi connectivity index (χ4v) is 1.58. The topological polar surface area (TPSA) is 26.0 Å². The van der Waals surface area contributed by atoms with Crippen LogP contribution in [0, 0.1) is 5.82 Å². The summed E-state index contributed by atoms with van der Waals surface area (Å²) in [7, 11) is 0. The first kappa shape index (κ1) is 9.68. The van der Waals surface area contributed by atoms with Gasteiger partial charge in [0.05, 0.1) is 5.02 Å². The molecular formula is C9H4BrClFNO. The van der Waals surface area contributed by atoms with Crippen LogP contribution in [-0.4, -0.2) is 5.16 Å². The highest BCUT2D eigenvalue weighted by atomic mass is 79.9. The molecule has 5 heteroatoms. The molecule has 0 saturated carbocycles. The van der Waals surface area contributed by atoms with Crippen LogP contribution < -0.4 is 0 Å². The van der Waals surface area contributed by atoms with Crippen molar-refractivity contribution >= 4 is 27.5 Å². The molecule has 0 saturated heterocycles. The predicted octanol–water partition coefficient (Wildman–Crippen LogP) is 3.90. The lowest BCUT2D eigenvalue weighted by molar-refractivity contribution is 0.402. The van der Waals surface area contributed by atoms with E-state index in [1.165, 1.54) is 18.2 Å². The summed E-state index contributed by atoms with van der Waals surface area (Å²) in [4.78, 5) is 0. The molecule has 1 aromatic heterocycles. The van der Waals surface area contributed by atoms with Crippen LogP contribution in [0.2, 0.25) is 5.02 Å². The molecule has 0 unspecified atom stereocenters. The molecule has 0 aliphatic rings. The van der Waals surface area contributed by atoms with Crippen molar-refractivity contribution in [3.63, 3.8) is 0 Å². The third-order valence-electron chi connectivity index (χ3n) is 1.69. The maximum absolute atomic E-state index is 12.9. The summed E-state index contributed by atoms with van der Waals surface area (Å²) in [6.07, 6.45) is 0. The summed E-state index contributed by atoms with van der Waals surface area (Å²) in [5.41, 5.74) is 1.02. The maximum Gasteiger partial charge on any atom is 0.202 e. The van der Waals surface area contributed by atoms with Gasteiger partial charge < -0.3 is 4.52 Å². The van der Waals surface area contributed by atoms with Gasteiger partial charge in [0.15, 0.2) is 0 Å². The highest BCUT2D eigenvalue weighted by Crippen LogP contribution is 2.29. The van der Waals surface area contributed by atoms with Gasteiger partial charge in [-0.1, -0.05) is 16.8 Å². The smallest absolute Gasteiger partial charge is 0.202 e. The first-order valence-corrected chi connectivity index (χ1v) is 4.91. The number of hydrogen-bond donors (Lipinski definition) is 0. The molecule has 0 N–H and O–H groups in total. The van der Waals surface area contributed by atoms with Crippen LogP contribution in [0.4, 0.5) is 4.39 Å². The number of halogens is 3. The van der Waals surface area contributed by atoms with E-state index in [4.69, 9.17) is 16.1 Å². The summed E-state index contributed by atoms with van der Waals surface area (Å²) in [6, 6.07) is 5.71. The van der Waals surface area contributed by atoms with Crippen LogP contribution in [0.25, 0.3) is 11.3 Å². The second-order valence-corrected chi connectivity index (χ2v) is 3.83. The van der Waals surface area contributed by atoms with E-state index in [0.717, 1.165) is 0 Å². The van der Waals surface area contributed by atoms with Crippen molar-refractivity contribution in [3.8, 4) is 11.3 Å². The summed E-state index contributed by atoms with van der Waals surface area (Å²) in [6.45, 7) is 0. The van der Waals surface area contributed by atoms with Gasteiger partial charge in [-0.3, -0.25) is 0 Å². The summed E-state index contributed by atoms with van der Waals surface area (Å²) < 4.78 is 18.2. The normalized spacial score (nSPS) is 10.5. The lowest BCUT2D eigenvalue weighted by Crippen LogP contribution is -1.81. The van der Waals surface area contributed by atoms with E-state index in [1.54, 1.807) is 6.07 Å². The Kier molecular flexibility index (Phi) is 2.56. The number of aromatic nitrogens is 1. The molecule has 72 valence electrons. The van der Waals surface area contributed by atoms with Gasteiger partial charge in [-0.05, 0) is 34.1 Å². The fourth-order valence-electron chi connectivity index (χ4n) is 1.07. The number of benzene rings is 1. The number of nitrogens with zero attached hydrogens (tertiary/aromatic N) is 1. The molecule has 0 amide bonds. The molecule has 0 atom stereocenters. The van der Waals surface area contributed by atoms with Crippen molar-refractivity contribution in [1.29, 1.82) is 0 Å². The van der Waals surface area contributed by atoms with Crippen LogP contribution >= 0.6 is 27.5 Å². The van der Waals surface area contributed by atoms with Gasteiger partial charge in [0.25, 0.3) is 0 Å². The van der Waals surface area contributed by atoms with Crippen LogP contribution in [-0.2, 0) is 0 Å². The van der Waals surface area contributed by atoms with Crippen molar-refractivity contribution in [1.82, 2.24) is 5.16 Å². The van der Waals surface area contributed by atoms with E-state index in [9.17, 15) is 4.39 Å². The van der Waals surface area contributed by atoms with Crippen LogP contribution in [0.5, 0.6) is 0 Å². The largest absolute Gasteiger partial charge is 0.349 e. The predicted molar refractivity (Wildman–Crippen MR) is 54.6 cm³/mol. The highest BCUT2D eigenvalue weighted by molar-refractivity contribution is 9.10. The Morgan fingerprint density at radius 3 is 2.79 bits per heavy atom. The average Bonchev–Trinajstić information content (AvgIpc) is 2.56. The van der Waals surface area contributed by atoms with E-state index in [1.807, 2.05) is 0 Å². The molecular weight excluding hydrogens is 272 g/mol. The van der Waals surface area contributed by atoms with Gasteiger partial charge >= 0.3 is 0 Å². The zero-order valence-electron chi connectivity index (χ0n) is 6.80. The number of hydrogen-bond acceptors (Lipinski definition) is 2. The average molecular weight is 276 g/mol. The van der Waals surface area contributed by atoms with Gasteiger partial charge in [0.2, 0.25) is 4.67 Å². The molecule has 0 spiro atoms. The molecule has 2 aromatic rings. The third-order valence-corrected chi connectivity index (χ3v) is 2.39. The molecule has 1 heterocycles. The van der Waals surface area contributed by atoms with E-state index < -0.39 is 0 Å². The van der Waals surface area contributed by atoms with Gasteiger partial charge in [-0.25, -0.2) is 4.39 Å². The quantitative estimate of drug-likeness (QED) is 0.789. The van der Waals surface area contributed by atoms with E-state index in [-0.39, 0.29) is 5.82 Å². The van der Waals surface area contributed by atoms with Crippen molar-refractivity contribution in [2.75, 3.05) is 0 Å². The van der Waals surface area contributed by atoms with Gasteiger partial charge in [-0.2, -0.15) is 0 Å². The van der Waals surface area contributed by atoms with E-state index in [2.05, 4.69) is 21.1 Å². The Morgan fingerprint density at radius 1 is 1.36 bits per heavy atom. The second kappa shape index (κ2) is 3.71. The maximum atomic E-state index is 12.9. The van der Waals surface area contributed by atoms with Crippen molar-refractivity contribution in [3.05, 3.63) is 39.8 Å². The minimum atomic E-state index is -0.358. The molecule has 1 aromatic carbocycles. The standard InChI is InChI=1S/C9H4BrClFNO/c10-9-4-8(13-14-9)6-3-5(12)1-2-7(6)11/h1-4H. The van der Waals surface area contributed by atoms with Gasteiger partial charge in [0.1, 0.15) is 11.5 Å². The third kappa shape index (κ3) is 1.81. The molecule has 0 radical (unpaired) electrons. The highest BCUT2D eigenvalue weighted by Gasteiger charge is 2.09. The van der Waals surface area contributed by atoms with Gasteiger partial charge in [-0.15, -0.1) is 0 Å². The minimum absolute atomic E-state index is 0.358. The van der Waals surface area contributed by atoms with Crippen LogP contribution in [0.3, 0.4) is 0 Å². The fraction of sp³-hybridized carbons (Fsp3) is 0. The zero-order valence-corrected chi connectivity index (χ0v) is 9.14. The van der Waals surface area contributed by atoms with Crippen molar-refractivity contribution in [2.45, 2.75) is 0 Å². The Balaban J connectivity index is 2.55. The first-order valence-electron chi connectivity index (χ1n) is 3.74. The van der Waals surface area contributed by atoms with Crippen LogP contribution in [0.15, 0.2) is 33.5 Å². The lowest BCUT2D eigenvalue weighted by Gasteiger charge is -1.98. The Labute approximate surface area is 92.8 Å². The Bertz CT molecular complexity index is 472. The molecule has 14 heavy (non-hydrogen) atoms.